The third kappa shape index (κ3) is 0.836. The van der Waals surface area contributed by atoms with Gasteiger partial charge in [0, 0.05) is 11.9 Å². The lowest BCUT2D eigenvalue weighted by molar-refractivity contribution is -0.0335. The Morgan fingerprint density at radius 2 is 2.50 bits per heavy atom. The number of ether oxygens (including phenoxy) is 1. The smallest absolute Gasteiger partial charge is 0.161 e. The molecule has 0 amide bonds. The van der Waals surface area contributed by atoms with E-state index in [-0.39, 0.29) is 0 Å². The van der Waals surface area contributed by atoms with Crippen LogP contribution in [0.1, 0.15) is 11.5 Å². The van der Waals surface area contributed by atoms with Crippen molar-refractivity contribution in [1.29, 1.82) is 5.26 Å². The third-order valence-electron chi connectivity index (χ3n) is 2.07. The minimum atomic E-state index is -0.506. The lowest BCUT2D eigenvalue weighted by atomic mass is 9.87. The van der Waals surface area contributed by atoms with Crippen LogP contribution in [0, 0.1) is 18.3 Å². The molecular weight excluding hydrogens is 154 g/mol. The van der Waals surface area contributed by atoms with E-state index in [2.05, 4.69) is 16.0 Å². The van der Waals surface area contributed by atoms with Crippen LogP contribution >= 0.6 is 0 Å². The summed E-state index contributed by atoms with van der Waals surface area (Å²) in [5.74, 6) is 0.730. The summed E-state index contributed by atoms with van der Waals surface area (Å²) in [7, 11) is 0. The SMILES string of the molecule is Cc1cnc(C2(C#N)COC2)[nH]1. The van der Waals surface area contributed by atoms with Crippen molar-refractivity contribution in [2.45, 2.75) is 12.3 Å². The Labute approximate surface area is 70.2 Å². The third-order valence-corrected chi connectivity index (χ3v) is 2.07. The summed E-state index contributed by atoms with van der Waals surface area (Å²) in [6, 6.07) is 2.23. The number of H-pyrrole nitrogens is 1. The van der Waals surface area contributed by atoms with Gasteiger partial charge in [-0.3, -0.25) is 0 Å². The molecule has 2 heterocycles. The van der Waals surface area contributed by atoms with Gasteiger partial charge in [-0.25, -0.2) is 4.98 Å². The molecule has 1 aliphatic heterocycles. The summed E-state index contributed by atoms with van der Waals surface area (Å²) >= 11 is 0. The largest absolute Gasteiger partial charge is 0.377 e. The van der Waals surface area contributed by atoms with Crippen LogP contribution in [0.5, 0.6) is 0 Å². The molecule has 4 nitrogen and oxygen atoms in total. The number of hydrogen-bond acceptors (Lipinski definition) is 3. The van der Waals surface area contributed by atoms with Gasteiger partial charge in [0.1, 0.15) is 5.82 Å². The van der Waals surface area contributed by atoms with Crippen molar-refractivity contribution in [3.05, 3.63) is 17.7 Å². The van der Waals surface area contributed by atoms with E-state index in [0.717, 1.165) is 11.5 Å². The van der Waals surface area contributed by atoms with Crippen LogP contribution in [0.4, 0.5) is 0 Å². The molecule has 1 saturated heterocycles. The van der Waals surface area contributed by atoms with Crippen LogP contribution in [-0.2, 0) is 10.2 Å². The molecule has 0 atom stereocenters. The molecule has 0 bridgehead atoms. The zero-order valence-electron chi connectivity index (χ0n) is 6.79. The second-order valence-corrected chi connectivity index (χ2v) is 3.10. The molecule has 4 heteroatoms. The summed E-state index contributed by atoms with van der Waals surface area (Å²) in [5, 5.41) is 8.91. The van der Waals surface area contributed by atoms with Crippen LogP contribution in [-0.4, -0.2) is 23.2 Å². The normalized spacial score (nSPS) is 19.7. The molecule has 1 N–H and O–H groups in total. The van der Waals surface area contributed by atoms with E-state index in [1.807, 2.05) is 6.92 Å². The Kier molecular flexibility index (Phi) is 1.42. The molecular formula is C8H9N3O. The Morgan fingerprint density at radius 3 is 2.83 bits per heavy atom. The number of rotatable bonds is 1. The number of nitrogens with one attached hydrogen (secondary N) is 1. The average molecular weight is 163 g/mol. The number of aromatic nitrogens is 2. The van der Waals surface area contributed by atoms with Crippen LogP contribution < -0.4 is 0 Å². The first-order valence-electron chi connectivity index (χ1n) is 3.78. The van der Waals surface area contributed by atoms with E-state index < -0.39 is 5.41 Å². The molecule has 0 radical (unpaired) electrons. The van der Waals surface area contributed by atoms with Gasteiger partial charge in [-0.2, -0.15) is 5.26 Å². The summed E-state index contributed by atoms with van der Waals surface area (Å²) in [6.07, 6.45) is 1.73. The molecule has 1 aromatic rings. The lowest BCUT2D eigenvalue weighted by Gasteiger charge is -2.32. The van der Waals surface area contributed by atoms with Crippen molar-refractivity contribution < 1.29 is 4.74 Å². The van der Waals surface area contributed by atoms with Gasteiger partial charge in [-0.15, -0.1) is 0 Å². The highest BCUT2D eigenvalue weighted by Gasteiger charge is 2.43. The van der Waals surface area contributed by atoms with Gasteiger partial charge < -0.3 is 9.72 Å². The van der Waals surface area contributed by atoms with Crippen LogP contribution in [0.15, 0.2) is 6.20 Å². The highest BCUT2D eigenvalue weighted by molar-refractivity contribution is 5.25. The molecule has 0 saturated carbocycles. The van der Waals surface area contributed by atoms with Crippen molar-refractivity contribution >= 4 is 0 Å². The highest BCUT2D eigenvalue weighted by Crippen LogP contribution is 2.28. The number of hydrogen-bond donors (Lipinski definition) is 1. The second-order valence-electron chi connectivity index (χ2n) is 3.10. The molecule has 0 unspecified atom stereocenters. The number of nitriles is 1. The first-order chi connectivity index (χ1) is 5.77. The van der Waals surface area contributed by atoms with Crippen molar-refractivity contribution in [3.8, 4) is 6.07 Å². The molecule has 1 fully saturated rings. The van der Waals surface area contributed by atoms with Gasteiger partial charge in [-0.1, -0.05) is 0 Å². The van der Waals surface area contributed by atoms with E-state index in [4.69, 9.17) is 10.00 Å². The maximum absolute atomic E-state index is 8.91. The van der Waals surface area contributed by atoms with Gasteiger partial charge in [0.25, 0.3) is 0 Å². The predicted octanol–water partition coefficient (Wildman–Crippen LogP) is 0.510. The average Bonchev–Trinajstić information content (AvgIpc) is 2.35. The van der Waals surface area contributed by atoms with Crippen molar-refractivity contribution in [2.75, 3.05) is 13.2 Å². The maximum Gasteiger partial charge on any atom is 0.161 e. The summed E-state index contributed by atoms with van der Waals surface area (Å²) in [6.45, 7) is 2.83. The number of aromatic amines is 1. The minimum absolute atomic E-state index is 0.455. The monoisotopic (exact) mass is 163 g/mol. The van der Waals surface area contributed by atoms with Gasteiger partial charge >= 0.3 is 0 Å². The number of nitrogens with zero attached hydrogens (tertiary/aromatic N) is 2. The van der Waals surface area contributed by atoms with Crippen LogP contribution in [0.25, 0.3) is 0 Å². The molecule has 1 aromatic heterocycles. The lowest BCUT2D eigenvalue weighted by Crippen LogP contribution is -2.46. The first-order valence-corrected chi connectivity index (χ1v) is 3.78. The van der Waals surface area contributed by atoms with Crippen LogP contribution in [0.3, 0.4) is 0 Å². The van der Waals surface area contributed by atoms with E-state index in [1.165, 1.54) is 0 Å². The second kappa shape index (κ2) is 2.32. The minimum Gasteiger partial charge on any atom is -0.377 e. The summed E-state index contributed by atoms with van der Waals surface area (Å²) in [4.78, 5) is 7.18. The van der Waals surface area contributed by atoms with E-state index in [1.54, 1.807) is 6.20 Å². The summed E-state index contributed by atoms with van der Waals surface area (Å²) < 4.78 is 5.01. The number of aryl methyl sites for hydroxylation is 1. The van der Waals surface area contributed by atoms with Crippen molar-refractivity contribution in [1.82, 2.24) is 9.97 Å². The maximum atomic E-state index is 8.91. The fraction of sp³-hybridized carbons (Fsp3) is 0.500. The molecule has 12 heavy (non-hydrogen) atoms. The van der Waals surface area contributed by atoms with E-state index in [9.17, 15) is 0 Å². The van der Waals surface area contributed by atoms with Crippen molar-refractivity contribution in [2.24, 2.45) is 0 Å². The van der Waals surface area contributed by atoms with Gasteiger partial charge in [-0.05, 0) is 6.92 Å². The topological polar surface area (TPSA) is 61.7 Å². The Hall–Kier alpha value is -1.34. The van der Waals surface area contributed by atoms with Gasteiger partial charge in [0.2, 0.25) is 0 Å². The van der Waals surface area contributed by atoms with E-state index >= 15 is 0 Å². The quantitative estimate of drug-likeness (QED) is 0.656. The Morgan fingerprint density at radius 1 is 1.75 bits per heavy atom. The fourth-order valence-corrected chi connectivity index (χ4v) is 1.22. The highest BCUT2D eigenvalue weighted by atomic mass is 16.5. The standard InChI is InChI=1S/C8H9N3O/c1-6-2-10-7(11-6)8(3-9)4-12-5-8/h2H,4-5H2,1H3,(H,10,11). The predicted molar refractivity (Wildman–Crippen MR) is 41.4 cm³/mol. The molecule has 1 aliphatic rings. The molecule has 0 spiro atoms. The van der Waals surface area contributed by atoms with E-state index in [0.29, 0.717) is 13.2 Å². The van der Waals surface area contributed by atoms with Crippen LogP contribution in [0.2, 0.25) is 0 Å². The molecule has 62 valence electrons. The Balaban J connectivity index is 2.35. The molecule has 0 aliphatic carbocycles. The van der Waals surface area contributed by atoms with Gasteiger partial charge in [0.05, 0.1) is 19.3 Å². The van der Waals surface area contributed by atoms with Gasteiger partial charge in [0.15, 0.2) is 5.41 Å². The zero-order valence-corrected chi connectivity index (χ0v) is 6.79. The molecule has 0 aromatic carbocycles. The number of imidazole rings is 1. The van der Waals surface area contributed by atoms with Crippen molar-refractivity contribution in [3.63, 3.8) is 0 Å². The summed E-state index contributed by atoms with van der Waals surface area (Å²) in [5.41, 5.74) is 0.473. The zero-order chi connectivity index (χ0) is 8.60. The first kappa shape index (κ1) is 7.32. The Bertz CT molecular complexity index is 332. The molecule has 2 rings (SSSR count). The fourth-order valence-electron chi connectivity index (χ4n) is 1.22.